The molecule has 2 atom stereocenters. The summed E-state index contributed by atoms with van der Waals surface area (Å²) >= 11 is 0. The molecule has 1 aliphatic carbocycles. The molecule has 0 heterocycles. The Morgan fingerprint density at radius 3 is 1.42 bits per heavy atom. The van der Waals surface area contributed by atoms with E-state index in [1.807, 2.05) is 60.7 Å². The first kappa shape index (κ1) is 16.2. The van der Waals surface area contributed by atoms with Crippen molar-refractivity contribution in [3.63, 3.8) is 0 Å². The van der Waals surface area contributed by atoms with E-state index in [-0.39, 0.29) is 12.1 Å². The second-order valence-electron chi connectivity index (χ2n) is 6.22. The van der Waals surface area contributed by atoms with E-state index in [1.165, 1.54) is 0 Å². The van der Waals surface area contributed by atoms with Gasteiger partial charge in [-0.1, -0.05) is 36.4 Å². The number of nitrogens with zero attached hydrogens (tertiary/aromatic N) is 2. The van der Waals surface area contributed by atoms with Gasteiger partial charge in [0.25, 0.3) is 0 Å². The Labute approximate surface area is 142 Å². The maximum atomic E-state index is 12.6. The van der Waals surface area contributed by atoms with Crippen molar-refractivity contribution < 1.29 is 9.48 Å². The molecule has 0 amide bonds. The van der Waals surface area contributed by atoms with Crippen LogP contribution in [-0.2, 0) is 0 Å². The maximum absolute atomic E-state index is 12.6. The van der Waals surface area contributed by atoms with Crippen LogP contribution in [0.2, 0.25) is 0 Å². The van der Waals surface area contributed by atoms with Crippen molar-refractivity contribution in [3.05, 3.63) is 82.2 Å². The molecule has 0 saturated heterocycles. The summed E-state index contributed by atoms with van der Waals surface area (Å²) in [6.45, 7) is 0. The van der Waals surface area contributed by atoms with Gasteiger partial charge in [0.2, 0.25) is 12.1 Å². The summed E-state index contributed by atoms with van der Waals surface area (Å²) in [5.41, 5.74) is 1.72. The van der Waals surface area contributed by atoms with Gasteiger partial charge in [-0.15, -0.1) is 0 Å². The van der Waals surface area contributed by atoms with Gasteiger partial charge in [-0.3, -0.25) is 0 Å². The lowest BCUT2D eigenvalue weighted by Crippen LogP contribution is -2.44. The van der Waals surface area contributed by atoms with Gasteiger partial charge in [0.05, 0.1) is 0 Å². The van der Waals surface area contributed by atoms with Gasteiger partial charge in [-0.25, -0.2) is 9.48 Å². The average Bonchev–Trinajstić information content (AvgIpc) is 2.63. The maximum Gasteiger partial charge on any atom is 0.224 e. The predicted octanol–water partition coefficient (Wildman–Crippen LogP) is 3.56. The predicted molar refractivity (Wildman–Crippen MR) is 96.5 cm³/mol. The molecule has 0 N–H and O–H groups in total. The molecule has 2 aromatic rings. The van der Waals surface area contributed by atoms with Crippen LogP contribution in [0.25, 0.3) is 0 Å². The fraction of sp³-hybridized carbons (Fsp3) is 0.300. The van der Waals surface area contributed by atoms with Crippen LogP contribution in [0.1, 0.15) is 36.8 Å². The quantitative estimate of drug-likeness (QED) is 0.374. The highest BCUT2D eigenvalue weighted by molar-refractivity contribution is 5.76. The molecule has 1 fully saturated rings. The van der Waals surface area contributed by atoms with E-state index in [0.29, 0.717) is 0 Å². The lowest BCUT2D eigenvalue weighted by Gasteiger charge is -2.28. The van der Waals surface area contributed by atoms with E-state index in [4.69, 9.17) is 0 Å². The number of benzene rings is 2. The monoisotopic (exact) mass is 322 g/mol. The van der Waals surface area contributed by atoms with Crippen molar-refractivity contribution in [1.29, 1.82) is 0 Å². The molecule has 1 saturated carbocycles. The summed E-state index contributed by atoms with van der Waals surface area (Å²) < 4.78 is 1.95. The zero-order valence-electron chi connectivity index (χ0n) is 13.6. The van der Waals surface area contributed by atoms with Crippen molar-refractivity contribution in [2.45, 2.75) is 37.8 Å². The average molecular weight is 322 g/mol. The smallest absolute Gasteiger partial charge is 0.224 e. The Balaban J connectivity index is 1.83. The Kier molecular flexibility index (Phi) is 5.26. The molecule has 0 spiro atoms. The molecule has 1 aliphatic rings. The third kappa shape index (κ3) is 4.02. The highest BCUT2D eigenvalue weighted by atomic mass is 16.5. The van der Waals surface area contributed by atoms with Crippen LogP contribution in [0, 0.1) is 10.4 Å². The van der Waals surface area contributed by atoms with E-state index in [1.54, 1.807) is 12.4 Å². The Hall–Kier alpha value is -2.62. The highest BCUT2D eigenvalue weighted by Gasteiger charge is 2.37. The molecule has 0 bridgehead atoms. The second kappa shape index (κ2) is 7.77. The molecule has 2 aromatic carbocycles. The van der Waals surface area contributed by atoms with Crippen LogP contribution < -0.4 is 0 Å². The van der Waals surface area contributed by atoms with Gasteiger partial charge in [0, 0.05) is 24.0 Å². The zero-order chi connectivity index (χ0) is 16.8. The van der Waals surface area contributed by atoms with Crippen LogP contribution in [0.15, 0.2) is 60.7 Å². The van der Waals surface area contributed by atoms with Crippen LogP contribution in [0.5, 0.6) is 0 Å². The lowest BCUT2D eigenvalue weighted by atomic mass is 9.90. The molecule has 0 aliphatic heterocycles. The van der Waals surface area contributed by atoms with Gasteiger partial charge in [0.1, 0.15) is 0 Å². The molecular weight excluding hydrogens is 300 g/mol. The van der Waals surface area contributed by atoms with Crippen molar-refractivity contribution in [1.82, 2.24) is 0 Å². The van der Waals surface area contributed by atoms with E-state index in [2.05, 4.69) is 0 Å². The number of hydrogen-bond donors (Lipinski definition) is 0. The van der Waals surface area contributed by atoms with E-state index < -0.39 is 0 Å². The van der Waals surface area contributed by atoms with E-state index in [9.17, 15) is 10.4 Å². The van der Waals surface area contributed by atoms with E-state index in [0.717, 1.165) is 46.3 Å². The first-order chi connectivity index (χ1) is 11.7. The van der Waals surface area contributed by atoms with Gasteiger partial charge < -0.3 is 10.4 Å². The molecule has 3 rings (SSSR count). The fourth-order valence-electron chi connectivity index (χ4n) is 3.25. The molecule has 0 radical (unpaired) electrons. The Morgan fingerprint density at radius 2 is 1.04 bits per heavy atom. The topological polar surface area (TPSA) is 52.1 Å². The van der Waals surface area contributed by atoms with Crippen LogP contribution in [-0.4, -0.2) is 34.0 Å². The second-order valence-corrected chi connectivity index (χ2v) is 6.22. The van der Waals surface area contributed by atoms with Crippen molar-refractivity contribution >= 4 is 12.4 Å². The molecule has 0 aromatic heterocycles. The van der Waals surface area contributed by atoms with Gasteiger partial charge in [-0.05, 0) is 37.1 Å². The standard InChI is InChI=1S/C20H22N2O2/c23-21(15-17-9-3-1-4-10-17)19-13-7-8-14-20(19)22(24)16-18-11-5-2-6-12-18/h1-6,9-12,15-16,19-20H,7-8,13-14H2/b21-15-,22-16+/t19-,20+/m1/s1. The normalized spacial score (nSPS) is 22.3. The number of hydrogen-bond acceptors (Lipinski definition) is 2. The van der Waals surface area contributed by atoms with E-state index >= 15 is 0 Å². The van der Waals surface area contributed by atoms with Crippen molar-refractivity contribution in [2.24, 2.45) is 0 Å². The van der Waals surface area contributed by atoms with Crippen molar-refractivity contribution in [2.75, 3.05) is 0 Å². The third-order valence-electron chi connectivity index (χ3n) is 4.50. The molecule has 24 heavy (non-hydrogen) atoms. The van der Waals surface area contributed by atoms with Crippen LogP contribution in [0.3, 0.4) is 0 Å². The minimum atomic E-state index is -0.309. The lowest BCUT2D eigenvalue weighted by molar-refractivity contribution is -0.598. The third-order valence-corrected chi connectivity index (χ3v) is 4.50. The molecule has 4 nitrogen and oxygen atoms in total. The van der Waals surface area contributed by atoms with Crippen LogP contribution in [0.4, 0.5) is 0 Å². The van der Waals surface area contributed by atoms with Gasteiger partial charge >= 0.3 is 0 Å². The summed E-state index contributed by atoms with van der Waals surface area (Å²) in [4.78, 5) is 0. The zero-order valence-corrected chi connectivity index (χ0v) is 13.6. The van der Waals surface area contributed by atoms with Crippen molar-refractivity contribution in [3.8, 4) is 0 Å². The van der Waals surface area contributed by atoms with Gasteiger partial charge in [0.15, 0.2) is 12.4 Å². The summed E-state index contributed by atoms with van der Waals surface area (Å²) in [5.74, 6) is 0. The first-order valence-corrected chi connectivity index (χ1v) is 8.45. The molecular formula is C20H22N2O2. The van der Waals surface area contributed by atoms with Gasteiger partial charge in [-0.2, -0.15) is 0 Å². The summed E-state index contributed by atoms with van der Waals surface area (Å²) in [6.07, 6.45) is 6.67. The first-order valence-electron chi connectivity index (χ1n) is 8.45. The van der Waals surface area contributed by atoms with Crippen LogP contribution >= 0.6 is 0 Å². The highest BCUT2D eigenvalue weighted by Crippen LogP contribution is 2.23. The number of rotatable bonds is 4. The molecule has 4 heteroatoms. The summed E-state index contributed by atoms with van der Waals surface area (Å²) in [5, 5.41) is 25.2. The largest absolute Gasteiger partial charge is 0.623 e. The Morgan fingerprint density at radius 1 is 0.667 bits per heavy atom. The molecule has 124 valence electrons. The number of hydroxylamine groups is 2. The summed E-state index contributed by atoms with van der Waals surface area (Å²) in [6, 6.07) is 18.4. The molecule has 0 unspecified atom stereocenters. The summed E-state index contributed by atoms with van der Waals surface area (Å²) in [7, 11) is 0. The fourth-order valence-corrected chi connectivity index (χ4v) is 3.25. The minimum Gasteiger partial charge on any atom is -0.623 e. The Bertz CT molecular complexity index is 647. The minimum absolute atomic E-state index is 0.309. The SMILES string of the molecule is [O-]/[N+](=C\c1ccccc1)[C@@H]1CCCC[C@@H]1/[N+]([O-])=C\c1ccccc1.